The lowest BCUT2D eigenvalue weighted by atomic mass is 10.2. The van der Waals surface area contributed by atoms with Crippen molar-refractivity contribution in [3.63, 3.8) is 0 Å². The van der Waals surface area contributed by atoms with Crippen molar-refractivity contribution >= 4 is 0 Å². The average Bonchev–Trinajstić information content (AvgIpc) is 2.53. The summed E-state index contributed by atoms with van der Waals surface area (Å²) in [4.78, 5) is 1.99. The van der Waals surface area contributed by atoms with E-state index in [1.165, 1.54) is 0 Å². The summed E-state index contributed by atoms with van der Waals surface area (Å²) in [5, 5.41) is 27.5. The van der Waals surface area contributed by atoms with Gasteiger partial charge >= 0.3 is 0 Å². The van der Waals surface area contributed by atoms with Gasteiger partial charge < -0.3 is 14.6 Å². The van der Waals surface area contributed by atoms with Crippen molar-refractivity contribution in [1.82, 2.24) is 4.90 Å². The molecule has 1 saturated heterocycles. The van der Waals surface area contributed by atoms with Crippen molar-refractivity contribution in [2.45, 2.75) is 12.2 Å². The van der Waals surface area contributed by atoms with Crippen LogP contribution in [0.4, 0.5) is 0 Å². The van der Waals surface area contributed by atoms with E-state index < -0.39 is 12.2 Å². The first kappa shape index (κ1) is 15.3. The molecule has 6 heteroatoms. The Balaban J connectivity index is 1.75. The van der Waals surface area contributed by atoms with Crippen molar-refractivity contribution in [2.75, 3.05) is 32.8 Å². The zero-order valence-electron chi connectivity index (χ0n) is 11.6. The Bertz CT molecular complexity index is 533. The molecule has 1 aromatic rings. The van der Waals surface area contributed by atoms with Gasteiger partial charge in [-0.3, -0.25) is 4.90 Å². The Kier molecular flexibility index (Phi) is 5.53. The standard InChI is InChI=1S/C15H17N3O3/c16-7-12-1-3-14(4-2-12)21-11-13(19)9-18-5-6-20-15(8-17)10-18/h1-4,13,15,19H,5-6,9-11H2. The predicted octanol–water partition coefficient (Wildman–Crippen LogP) is 0.522. The van der Waals surface area contributed by atoms with Gasteiger partial charge in [0, 0.05) is 19.6 Å². The first-order valence-electron chi connectivity index (χ1n) is 6.76. The molecule has 0 aliphatic carbocycles. The van der Waals surface area contributed by atoms with Gasteiger partial charge in [0.05, 0.1) is 24.3 Å². The number of nitrogens with zero attached hydrogens (tertiary/aromatic N) is 3. The number of aliphatic hydroxyl groups excluding tert-OH is 1. The van der Waals surface area contributed by atoms with Crippen LogP contribution in [0.25, 0.3) is 0 Å². The number of hydrogen-bond donors (Lipinski definition) is 1. The van der Waals surface area contributed by atoms with E-state index in [1.807, 2.05) is 11.0 Å². The second kappa shape index (κ2) is 7.61. The largest absolute Gasteiger partial charge is 0.491 e. The molecule has 1 heterocycles. The Morgan fingerprint density at radius 3 is 2.81 bits per heavy atom. The lowest BCUT2D eigenvalue weighted by Crippen LogP contribution is -2.46. The number of morpholine rings is 1. The summed E-state index contributed by atoms with van der Waals surface area (Å²) < 4.78 is 10.7. The average molecular weight is 287 g/mol. The van der Waals surface area contributed by atoms with Gasteiger partial charge in [-0.1, -0.05) is 0 Å². The third kappa shape index (κ3) is 4.73. The van der Waals surface area contributed by atoms with Crippen LogP contribution in [0.5, 0.6) is 5.75 Å². The minimum atomic E-state index is -0.641. The molecule has 1 fully saturated rings. The highest BCUT2D eigenvalue weighted by Crippen LogP contribution is 2.12. The van der Waals surface area contributed by atoms with Gasteiger partial charge in [0.25, 0.3) is 0 Å². The maximum absolute atomic E-state index is 9.98. The Labute approximate surface area is 123 Å². The summed E-state index contributed by atoms with van der Waals surface area (Å²) in [6.07, 6.45) is -1.07. The summed E-state index contributed by atoms with van der Waals surface area (Å²) in [6, 6.07) is 10.8. The molecule has 0 saturated carbocycles. The summed E-state index contributed by atoms with van der Waals surface area (Å²) in [5.74, 6) is 0.616. The van der Waals surface area contributed by atoms with Crippen LogP contribution < -0.4 is 4.74 Å². The van der Waals surface area contributed by atoms with Crippen LogP contribution in [-0.2, 0) is 4.74 Å². The molecule has 0 spiro atoms. The molecule has 6 nitrogen and oxygen atoms in total. The maximum Gasteiger partial charge on any atom is 0.156 e. The molecule has 0 amide bonds. The summed E-state index contributed by atoms with van der Waals surface area (Å²) in [7, 11) is 0. The highest BCUT2D eigenvalue weighted by molar-refractivity contribution is 5.34. The molecular formula is C15H17N3O3. The van der Waals surface area contributed by atoms with Crippen molar-refractivity contribution in [1.29, 1.82) is 10.5 Å². The van der Waals surface area contributed by atoms with Gasteiger partial charge in [-0.15, -0.1) is 0 Å². The van der Waals surface area contributed by atoms with Crippen LogP contribution in [0.2, 0.25) is 0 Å². The molecule has 110 valence electrons. The molecule has 21 heavy (non-hydrogen) atoms. The number of benzene rings is 1. The van der Waals surface area contributed by atoms with E-state index in [1.54, 1.807) is 24.3 Å². The zero-order valence-corrected chi connectivity index (χ0v) is 11.6. The quantitative estimate of drug-likeness (QED) is 0.849. The summed E-state index contributed by atoms with van der Waals surface area (Å²) in [5.41, 5.74) is 0.568. The molecule has 1 aromatic carbocycles. The molecule has 2 unspecified atom stereocenters. The molecular weight excluding hydrogens is 270 g/mol. The minimum absolute atomic E-state index is 0.167. The topological polar surface area (TPSA) is 89.5 Å². The van der Waals surface area contributed by atoms with Crippen LogP contribution in [0.3, 0.4) is 0 Å². The van der Waals surface area contributed by atoms with E-state index in [4.69, 9.17) is 20.0 Å². The normalized spacial score (nSPS) is 20.2. The van der Waals surface area contributed by atoms with Crippen LogP contribution in [-0.4, -0.2) is 55.1 Å². The van der Waals surface area contributed by atoms with E-state index >= 15 is 0 Å². The lowest BCUT2D eigenvalue weighted by molar-refractivity contribution is -0.0215. The van der Waals surface area contributed by atoms with Gasteiger partial charge in [-0.25, -0.2) is 0 Å². The van der Waals surface area contributed by atoms with Crippen molar-refractivity contribution < 1.29 is 14.6 Å². The Morgan fingerprint density at radius 1 is 1.38 bits per heavy atom. The summed E-state index contributed by atoms with van der Waals surface area (Å²) in [6.45, 7) is 2.32. The highest BCUT2D eigenvalue weighted by Gasteiger charge is 2.22. The van der Waals surface area contributed by atoms with Gasteiger partial charge in [0.15, 0.2) is 6.10 Å². The predicted molar refractivity (Wildman–Crippen MR) is 74.5 cm³/mol. The first-order valence-corrected chi connectivity index (χ1v) is 6.76. The van der Waals surface area contributed by atoms with Crippen molar-refractivity contribution in [2.24, 2.45) is 0 Å². The number of β-amino-alcohol motifs (C(OH)–C–C–N with tert-alkyl or cyclic N) is 1. The van der Waals surface area contributed by atoms with Crippen molar-refractivity contribution in [3.05, 3.63) is 29.8 Å². The Hall–Kier alpha value is -2.12. The number of hydrogen-bond acceptors (Lipinski definition) is 6. The third-order valence-corrected chi connectivity index (χ3v) is 3.19. The van der Waals surface area contributed by atoms with Crippen LogP contribution in [0.1, 0.15) is 5.56 Å². The fraction of sp³-hybridized carbons (Fsp3) is 0.467. The minimum Gasteiger partial charge on any atom is -0.491 e. The molecule has 0 radical (unpaired) electrons. The fourth-order valence-corrected chi connectivity index (χ4v) is 2.12. The monoisotopic (exact) mass is 287 g/mol. The fourth-order valence-electron chi connectivity index (χ4n) is 2.12. The van der Waals surface area contributed by atoms with Gasteiger partial charge in [0.2, 0.25) is 0 Å². The third-order valence-electron chi connectivity index (χ3n) is 3.19. The second-order valence-corrected chi connectivity index (χ2v) is 4.85. The van der Waals surface area contributed by atoms with E-state index in [0.29, 0.717) is 37.6 Å². The second-order valence-electron chi connectivity index (χ2n) is 4.85. The molecule has 0 bridgehead atoms. The number of ether oxygens (including phenoxy) is 2. The molecule has 1 N–H and O–H groups in total. The molecule has 1 aliphatic heterocycles. The van der Waals surface area contributed by atoms with E-state index in [-0.39, 0.29) is 6.61 Å². The van der Waals surface area contributed by atoms with E-state index in [0.717, 1.165) is 0 Å². The SMILES string of the molecule is N#Cc1ccc(OCC(O)CN2CCOC(C#N)C2)cc1. The molecule has 2 rings (SSSR count). The molecule has 1 aliphatic rings. The van der Waals surface area contributed by atoms with Gasteiger partial charge in [-0.05, 0) is 24.3 Å². The molecule has 0 aromatic heterocycles. The molecule has 2 atom stereocenters. The van der Waals surface area contributed by atoms with Gasteiger partial charge in [-0.2, -0.15) is 10.5 Å². The lowest BCUT2D eigenvalue weighted by Gasteiger charge is -2.31. The zero-order chi connectivity index (χ0) is 15.1. The van der Waals surface area contributed by atoms with E-state index in [9.17, 15) is 5.11 Å². The van der Waals surface area contributed by atoms with Crippen LogP contribution in [0.15, 0.2) is 24.3 Å². The number of rotatable bonds is 5. The smallest absolute Gasteiger partial charge is 0.156 e. The summed E-state index contributed by atoms with van der Waals surface area (Å²) >= 11 is 0. The number of nitriles is 2. The van der Waals surface area contributed by atoms with Crippen molar-refractivity contribution in [3.8, 4) is 17.9 Å². The van der Waals surface area contributed by atoms with E-state index in [2.05, 4.69) is 6.07 Å². The van der Waals surface area contributed by atoms with Gasteiger partial charge in [0.1, 0.15) is 18.5 Å². The highest BCUT2D eigenvalue weighted by atomic mass is 16.5. The van der Waals surface area contributed by atoms with Crippen LogP contribution in [0, 0.1) is 22.7 Å². The maximum atomic E-state index is 9.98. The number of aliphatic hydroxyl groups is 1. The Morgan fingerprint density at radius 2 is 2.14 bits per heavy atom. The first-order chi connectivity index (χ1) is 10.2. The van der Waals surface area contributed by atoms with Crippen LogP contribution >= 0.6 is 0 Å².